The number of anilines is 2. The Hall–Kier alpha value is -2.13. The van der Waals surface area contributed by atoms with E-state index in [1.807, 2.05) is 32.2 Å². The van der Waals surface area contributed by atoms with E-state index in [9.17, 15) is 4.79 Å². The third-order valence-corrected chi connectivity index (χ3v) is 6.40. The number of thiocarbonyl (C=S) groups is 1. The molecule has 0 unspecified atom stereocenters. The largest absolute Gasteiger partial charge is 0.465 e. The molecule has 0 fully saturated rings. The molecular formula is C20H20Cl2N4O2S2. The lowest BCUT2D eigenvalue weighted by Gasteiger charge is -2.09. The van der Waals surface area contributed by atoms with Crippen molar-refractivity contribution in [3.8, 4) is 0 Å². The maximum Gasteiger partial charge on any atom is 0.341 e. The topological polar surface area (TPSA) is 68.2 Å². The quantitative estimate of drug-likeness (QED) is 0.343. The first-order valence-corrected chi connectivity index (χ1v) is 11.0. The van der Waals surface area contributed by atoms with E-state index in [1.54, 1.807) is 16.9 Å². The molecule has 158 valence electrons. The lowest BCUT2D eigenvalue weighted by atomic mass is 10.1. The number of thiophene rings is 1. The van der Waals surface area contributed by atoms with Gasteiger partial charge < -0.3 is 15.4 Å². The predicted octanol–water partition coefficient (Wildman–Crippen LogP) is 5.77. The van der Waals surface area contributed by atoms with Gasteiger partial charge in [-0.05, 0) is 48.8 Å². The van der Waals surface area contributed by atoms with Crippen molar-refractivity contribution in [1.29, 1.82) is 0 Å². The number of halogens is 2. The van der Waals surface area contributed by atoms with Crippen molar-refractivity contribution in [2.75, 3.05) is 17.7 Å². The summed E-state index contributed by atoms with van der Waals surface area (Å²) in [6.07, 6.45) is 4.23. The third-order valence-electron chi connectivity index (χ3n) is 4.40. The number of hydrogen-bond donors (Lipinski definition) is 2. The molecule has 2 heterocycles. The minimum Gasteiger partial charge on any atom is -0.465 e. The van der Waals surface area contributed by atoms with Crippen LogP contribution in [-0.4, -0.2) is 28.0 Å². The molecule has 0 bridgehead atoms. The Kier molecular flexibility index (Phi) is 7.36. The van der Waals surface area contributed by atoms with E-state index in [2.05, 4.69) is 15.7 Å². The van der Waals surface area contributed by atoms with Crippen LogP contribution < -0.4 is 10.6 Å². The lowest BCUT2D eigenvalue weighted by Crippen LogP contribution is -2.20. The summed E-state index contributed by atoms with van der Waals surface area (Å²) < 4.78 is 6.70. The van der Waals surface area contributed by atoms with E-state index in [-0.39, 0.29) is 5.97 Å². The molecule has 0 spiro atoms. The first-order chi connectivity index (χ1) is 14.3. The Labute approximate surface area is 194 Å². The molecule has 10 heteroatoms. The molecule has 30 heavy (non-hydrogen) atoms. The molecule has 0 amide bonds. The van der Waals surface area contributed by atoms with Crippen molar-refractivity contribution >= 4 is 68.5 Å². The molecule has 3 aromatic rings. The highest BCUT2D eigenvalue weighted by molar-refractivity contribution is 7.80. The van der Waals surface area contributed by atoms with E-state index >= 15 is 0 Å². The predicted molar refractivity (Wildman–Crippen MR) is 127 cm³/mol. The lowest BCUT2D eigenvalue weighted by molar-refractivity contribution is 0.0601. The Morgan fingerprint density at radius 1 is 1.30 bits per heavy atom. The molecule has 3 rings (SSSR count). The van der Waals surface area contributed by atoms with Crippen LogP contribution in [0.15, 0.2) is 30.6 Å². The fourth-order valence-corrected chi connectivity index (χ4v) is 4.76. The van der Waals surface area contributed by atoms with Crippen molar-refractivity contribution in [3.05, 3.63) is 62.2 Å². The summed E-state index contributed by atoms with van der Waals surface area (Å²) in [5.74, 6) is -0.379. The van der Waals surface area contributed by atoms with Gasteiger partial charge in [0, 0.05) is 11.1 Å². The highest BCUT2D eigenvalue weighted by atomic mass is 35.5. The number of rotatable bonds is 6. The van der Waals surface area contributed by atoms with Gasteiger partial charge >= 0.3 is 5.97 Å². The molecule has 0 aliphatic rings. The second kappa shape index (κ2) is 9.78. The van der Waals surface area contributed by atoms with Crippen LogP contribution in [0.1, 0.15) is 33.3 Å². The van der Waals surface area contributed by atoms with Gasteiger partial charge in [-0.15, -0.1) is 11.3 Å². The normalized spacial score (nSPS) is 10.7. The van der Waals surface area contributed by atoms with Crippen molar-refractivity contribution in [2.45, 2.75) is 26.8 Å². The van der Waals surface area contributed by atoms with Crippen molar-refractivity contribution < 1.29 is 9.53 Å². The summed E-state index contributed by atoms with van der Waals surface area (Å²) in [5, 5.41) is 12.6. The number of aryl methyl sites for hydroxylation is 1. The molecule has 0 saturated carbocycles. The molecule has 0 atom stereocenters. The standard InChI is InChI=1S/C20H20Cl2N4O2S2/c1-4-14-11(2)30-18(17(14)19(27)28-3)25-20(29)24-13-8-23-26(10-13)9-12-5-6-15(21)16(22)7-12/h5-8,10H,4,9H2,1-3H3,(H2,24,25,29). The van der Waals surface area contributed by atoms with E-state index in [0.717, 1.165) is 28.1 Å². The van der Waals surface area contributed by atoms with Crippen LogP contribution in [-0.2, 0) is 17.7 Å². The monoisotopic (exact) mass is 482 g/mol. The van der Waals surface area contributed by atoms with Crippen LogP contribution in [0.3, 0.4) is 0 Å². The first-order valence-electron chi connectivity index (χ1n) is 9.07. The zero-order valence-corrected chi connectivity index (χ0v) is 19.7. The van der Waals surface area contributed by atoms with Crippen LogP contribution in [0.25, 0.3) is 0 Å². The van der Waals surface area contributed by atoms with E-state index in [1.165, 1.54) is 18.4 Å². The number of benzene rings is 1. The molecule has 2 N–H and O–H groups in total. The van der Waals surface area contributed by atoms with Crippen LogP contribution in [0.5, 0.6) is 0 Å². The van der Waals surface area contributed by atoms with Gasteiger partial charge in [0.2, 0.25) is 0 Å². The zero-order chi connectivity index (χ0) is 21.8. The Morgan fingerprint density at radius 3 is 2.73 bits per heavy atom. The number of ether oxygens (including phenoxy) is 1. The van der Waals surface area contributed by atoms with Gasteiger partial charge in [-0.25, -0.2) is 4.79 Å². The minimum absolute atomic E-state index is 0.359. The fourth-order valence-electron chi connectivity index (χ4n) is 3.02. The molecule has 1 aromatic carbocycles. The zero-order valence-electron chi connectivity index (χ0n) is 16.6. The highest BCUT2D eigenvalue weighted by Crippen LogP contribution is 2.34. The number of methoxy groups -OCH3 is 1. The number of aromatic nitrogens is 2. The number of carbonyl (C=O) groups excluding carboxylic acids is 1. The molecule has 0 aliphatic carbocycles. The fraction of sp³-hybridized carbons (Fsp3) is 0.250. The number of hydrogen-bond acceptors (Lipinski definition) is 5. The number of nitrogens with zero attached hydrogens (tertiary/aromatic N) is 2. The van der Waals surface area contributed by atoms with Crippen LogP contribution in [0, 0.1) is 6.92 Å². The van der Waals surface area contributed by atoms with Gasteiger partial charge in [0.15, 0.2) is 5.11 Å². The SMILES string of the molecule is CCc1c(C)sc(NC(=S)Nc2cnn(Cc3ccc(Cl)c(Cl)c3)c2)c1C(=O)OC. The molecule has 0 aliphatic heterocycles. The highest BCUT2D eigenvalue weighted by Gasteiger charge is 2.22. The Balaban J connectivity index is 1.69. The number of nitrogens with one attached hydrogen (secondary N) is 2. The Bertz CT molecular complexity index is 1090. The summed E-state index contributed by atoms with van der Waals surface area (Å²) in [7, 11) is 1.37. The van der Waals surface area contributed by atoms with E-state index in [4.69, 9.17) is 40.2 Å². The van der Waals surface area contributed by atoms with Crippen LogP contribution in [0.2, 0.25) is 10.0 Å². The summed E-state index contributed by atoms with van der Waals surface area (Å²) in [6.45, 7) is 4.52. The van der Waals surface area contributed by atoms with Crippen LogP contribution in [0.4, 0.5) is 10.7 Å². The molecule has 0 radical (unpaired) electrons. The smallest absolute Gasteiger partial charge is 0.341 e. The van der Waals surface area contributed by atoms with Gasteiger partial charge in [0.1, 0.15) is 5.00 Å². The Morgan fingerprint density at radius 2 is 2.07 bits per heavy atom. The average Bonchev–Trinajstić information content (AvgIpc) is 3.27. The van der Waals surface area contributed by atoms with Gasteiger partial charge in [0.05, 0.1) is 41.1 Å². The number of esters is 1. The minimum atomic E-state index is -0.379. The van der Waals surface area contributed by atoms with Gasteiger partial charge in [-0.2, -0.15) is 5.10 Å². The molecule has 0 saturated heterocycles. The third kappa shape index (κ3) is 5.13. The van der Waals surface area contributed by atoms with E-state index < -0.39 is 0 Å². The van der Waals surface area contributed by atoms with Crippen molar-refractivity contribution in [2.24, 2.45) is 0 Å². The summed E-state index contributed by atoms with van der Waals surface area (Å²) in [6, 6.07) is 5.46. The van der Waals surface area contributed by atoms with Gasteiger partial charge in [0.25, 0.3) is 0 Å². The maximum absolute atomic E-state index is 12.2. The average molecular weight is 483 g/mol. The molecule has 6 nitrogen and oxygen atoms in total. The summed E-state index contributed by atoms with van der Waals surface area (Å²) in [5.41, 5.74) is 3.19. The number of carbonyl (C=O) groups is 1. The summed E-state index contributed by atoms with van der Waals surface area (Å²) >= 11 is 18.9. The van der Waals surface area contributed by atoms with Gasteiger partial charge in [-0.3, -0.25) is 4.68 Å². The second-order valence-electron chi connectivity index (χ2n) is 6.44. The van der Waals surface area contributed by atoms with Gasteiger partial charge in [-0.1, -0.05) is 36.2 Å². The molecule has 2 aromatic heterocycles. The van der Waals surface area contributed by atoms with Crippen LogP contribution >= 0.6 is 46.8 Å². The summed E-state index contributed by atoms with van der Waals surface area (Å²) in [4.78, 5) is 13.3. The van der Waals surface area contributed by atoms with Crippen molar-refractivity contribution in [3.63, 3.8) is 0 Å². The van der Waals surface area contributed by atoms with E-state index in [0.29, 0.717) is 32.3 Å². The maximum atomic E-state index is 12.2. The van der Waals surface area contributed by atoms with Crippen molar-refractivity contribution in [1.82, 2.24) is 9.78 Å². The molecular weight excluding hydrogens is 463 g/mol. The second-order valence-corrected chi connectivity index (χ2v) is 8.89. The first kappa shape index (κ1) is 22.6.